The summed E-state index contributed by atoms with van der Waals surface area (Å²) in [5.74, 6) is 0. The van der Waals surface area contributed by atoms with Crippen molar-refractivity contribution >= 4 is 19.3 Å². The molecule has 0 aliphatic carbocycles. The van der Waals surface area contributed by atoms with Gasteiger partial charge >= 0.3 is 8.25 Å². The molecule has 14 heavy (non-hydrogen) atoms. The highest BCUT2D eigenvalue weighted by Gasteiger charge is 2.20. The second-order valence-electron chi connectivity index (χ2n) is 2.55. The fourth-order valence-electron chi connectivity index (χ4n) is 1.11. The van der Waals surface area contributed by atoms with Crippen molar-refractivity contribution in [3.63, 3.8) is 0 Å². The summed E-state index contributed by atoms with van der Waals surface area (Å²) in [5, 5.41) is 0. The quantitative estimate of drug-likeness (QED) is 0.726. The van der Waals surface area contributed by atoms with Crippen LogP contribution in [-0.2, 0) is 9.09 Å². The third-order valence-corrected chi connectivity index (χ3v) is 2.33. The predicted molar refractivity (Wildman–Crippen MR) is 50.9 cm³/mol. The van der Waals surface area contributed by atoms with E-state index in [0.29, 0.717) is 0 Å². The van der Waals surface area contributed by atoms with E-state index in [2.05, 4.69) is 9.51 Å². The maximum atomic E-state index is 11.0. The van der Waals surface area contributed by atoms with Crippen LogP contribution in [0.5, 0.6) is 0 Å². The van der Waals surface area contributed by atoms with Gasteiger partial charge in [0, 0.05) is 4.57 Å². The molecule has 1 heterocycles. The molecule has 0 aliphatic rings. The summed E-state index contributed by atoms with van der Waals surface area (Å²) < 4.78 is 21.8. The van der Waals surface area contributed by atoms with Crippen LogP contribution >= 0.6 is 8.25 Å². The number of rotatable bonds is 3. The van der Waals surface area contributed by atoms with Gasteiger partial charge in [-0.25, -0.2) is 4.98 Å². The van der Waals surface area contributed by atoms with Crippen LogP contribution in [0.3, 0.4) is 0 Å². The molecule has 6 heteroatoms. The van der Waals surface area contributed by atoms with Crippen LogP contribution in [-0.4, -0.2) is 16.8 Å². The Hall–Kier alpha value is -1.45. The van der Waals surface area contributed by atoms with Crippen LogP contribution in [0.15, 0.2) is 30.6 Å². The summed E-state index contributed by atoms with van der Waals surface area (Å²) in [7, 11) is -0.812. The van der Waals surface area contributed by atoms with Crippen molar-refractivity contribution in [2.24, 2.45) is 0 Å². The Kier molecular flexibility index (Phi) is 2.43. The molecule has 2 aromatic rings. The van der Waals surface area contributed by atoms with Crippen LogP contribution in [0.2, 0.25) is 0 Å². The SMILES string of the molecule is CO[P+](=O)On1cnc2ccccc21. The minimum absolute atomic E-state index is 0.757. The summed E-state index contributed by atoms with van der Waals surface area (Å²) in [4.78, 5) is 4.06. The fourth-order valence-corrected chi connectivity index (χ4v) is 1.45. The number of fused-ring (bicyclic) bond motifs is 1. The van der Waals surface area contributed by atoms with Crippen LogP contribution in [0, 0.1) is 0 Å². The lowest BCUT2D eigenvalue weighted by atomic mass is 10.3. The van der Waals surface area contributed by atoms with E-state index in [4.69, 9.17) is 4.62 Å². The highest BCUT2D eigenvalue weighted by Crippen LogP contribution is 2.20. The summed E-state index contributed by atoms with van der Waals surface area (Å²) in [6.07, 6.45) is 1.46. The van der Waals surface area contributed by atoms with E-state index in [1.165, 1.54) is 18.2 Å². The minimum atomic E-state index is -2.13. The molecule has 1 aromatic heterocycles. The lowest BCUT2D eigenvalue weighted by Crippen LogP contribution is -2.01. The summed E-state index contributed by atoms with van der Waals surface area (Å²) in [5.41, 5.74) is 1.54. The number of hydrogen-bond donors (Lipinski definition) is 0. The Morgan fingerprint density at radius 2 is 2.21 bits per heavy atom. The molecule has 0 spiro atoms. The van der Waals surface area contributed by atoms with Gasteiger partial charge < -0.3 is 0 Å². The first-order chi connectivity index (χ1) is 6.81. The Balaban J connectivity index is 2.38. The zero-order valence-corrected chi connectivity index (χ0v) is 8.35. The number of nitrogens with zero attached hydrogens (tertiary/aromatic N) is 2. The van der Waals surface area contributed by atoms with E-state index in [9.17, 15) is 4.57 Å². The van der Waals surface area contributed by atoms with Crippen molar-refractivity contribution in [1.29, 1.82) is 0 Å². The van der Waals surface area contributed by atoms with Gasteiger partial charge in [0.2, 0.25) is 0 Å². The number of para-hydroxylation sites is 2. The van der Waals surface area contributed by atoms with Crippen molar-refractivity contribution in [1.82, 2.24) is 9.71 Å². The molecule has 72 valence electrons. The predicted octanol–water partition coefficient (Wildman–Crippen LogP) is 1.77. The molecule has 1 atom stereocenters. The molecular formula is C8H8N2O3P+. The number of aromatic nitrogens is 2. The second kappa shape index (κ2) is 3.74. The molecular weight excluding hydrogens is 203 g/mol. The van der Waals surface area contributed by atoms with Gasteiger partial charge in [0.15, 0.2) is 0 Å². The molecule has 0 N–H and O–H groups in total. The van der Waals surface area contributed by atoms with Crippen molar-refractivity contribution < 1.29 is 13.7 Å². The zero-order chi connectivity index (χ0) is 9.97. The fraction of sp³-hybridized carbons (Fsp3) is 0.125. The van der Waals surface area contributed by atoms with Gasteiger partial charge in [-0.15, -0.1) is 13.9 Å². The van der Waals surface area contributed by atoms with Crippen molar-refractivity contribution in [2.45, 2.75) is 0 Å². The topological polar surface area (TPSA) is 53.4 Å². The molecule has 1 aromatic carbocycles. The average molecular weight is 211 g/mol. The third kappa shape index (κ3) is 1.60. The van der Waals surface area contributed by atoms with Gasteiger partial charge in [0.1, 0.15) is 11.8 Å². The largest absolute Gasteiger partial charge is 0.771 e. The normalized spacial score (nSPS) is 11.6. The second-order valence-corrected chi connectivity index (χ2v) is 3.52. The Labute approximate surface area is 81.2 Å². The standard InChI is InChI=1S/C8H8N2O3P/c1-12-14(11)13-10-6-9-7-4-2-3-5-8(7)10/h2-6H,1H3/q+1. The monoisotopic (exact) mass is 211 g/mol. The first-order valence-electron chi connectivity index (χ1n) is 3.93. The molecule has 0 fully saturated rings. The molecule has 2 rings (SSSR count). The molecule has 5 nitrogen and oxygen atoms in total. The van der Waals surface area contributed by atoms with E-state index in [1.807, 2.05) is 24.3 Å². The molecule has 1 unspecified atom stereocenters. The van der Waals surface area contributed by atoms with Crippen LogP contribution in [0.1, 0.15) is 0 Å². The summed E-state index contributed by atoms with van der Waals surface area (Å²) in [6, 6.07) is 7.38. The first-order valence-corrected chi connectivity index (χ1v) is 5.02. The number of benzene rings is 1. The number of imidazole rings is 1. The summed E-state index contributed by atoms with van der Waals surface area (Å²) in [6.45, 7) is 0. The van der Waals surface area contributed by atoms with E-state index in [0.717, 1.165) is 11.0 Å². The third-order valence-electron chi connectivity index (χ3n) is 1.72. The van der Waals surface area contributed by atoms with Gasteiger partial charge in [0.25, 0.3) is 0 Å². The minimum Gasteiger partial charge on any atom is -0.233 e. The molecule has 0 bridgehead atoms. The van der Waals surface area contributed by atoms with Gasteiger partial charge in [-0.2, -0.15) is 0 Å². The molecule has 0 radical (unpaired) electrons. The molecule has 0 saturated carbocycles. The lowest BCUT2D eigenvalue weighted by Gasteiger charge is -1.91. The Bertz CT molecular complexity index is 468. The van der Waals surface area contributed by atoms with E-state index >= 15 is 0 Å². The van der Waals surface area contributed by atoms with Crippen LogP contribution < -0.4 is 4.62 Å². The van der Waals surface area contributed by atoms with Crippen LogP contribution in [0.4, 0.5) is 0 Å². The van der Waals surface area contributed by atoms with Crippen LogP contribution in [0.25, 0.3) is 11.0 Å². The Morgan fingerprint density at radius 3 is 3.00 bits per heavy atom. The van der Waals surface area contributed by atoms with Gasteiger partial charge in [-0.05, 0) is 12.1 Å². The lowest BCUT2D eigenvalue weighted by molar-refractivity contribution is 0.239. The van der Waals surface area contributed by atoms with E-state index < -0.39 is 8.25 Å². The van der Waals surface area contributed by atoms with Gasteiger partial charge in [0.05, 0.1) is 12.6 Å². The zero-order valence-electron chi connectivity index (χ0n) is 7.45. The maximum absolute atomic E-state index is 11.0. The Morgan fingerprint density at radius 1 is 1.43 bits per heavy atom. The van der Waals surface area contributed by atoms with Gasteiger partial charge in [-0.3, -0.25) is 0 Å². The average Bonchev–Trinajstić information content (AvgIpc) is 2.62. The molecule has 0 amide bonds. The van der Waals surface area contributed by atoms with E-state index in [-0.39, 0.29) is 0 Å². The van der Waals surface area contributed by atoms with Crippen molar-refractivity contribution in [2.75, 3.05) is 7.11 Å². The first kappa shape index (κ1) is 9.12. The van der Waals surface area contributed by atoms with Gasteiger partial charge in [-0.1, -0.05) is 12.1 Å². The smallest absolute Gasteiger partial charge is 0.233 e. The van der Waals surface area contributed by atoms with Crippen molar-refractivity contribution in [3.05, 3.63) is 30.6 Å². The van der Waals surface area contributed by atoms with E-state index in [1.54, 1.807) is 0 Å². The van der Waals surface area contributed by atoms with Crippen molar-refractivity contribution in [3.8, 4) is 0 Å². The molecule has 0 saturated heterocycles. The highest BCUT2D eigenvalue weighted by atomic mass is 31.1. The number of hydrogen-bond acceptors (Lipinski definition) is 4. The highest BCUT2D eigenvalue weighted by molar-refractivity contribution is 7.33. The summed E-state index contributed by atoms with van der Waals surface area (Å²) >= 11 is 0. The maximum Gasteiger partial charge on any atom is 0.771 e. The molecule has 0 aliphatic heterocycles.